The molecule has 1 aliphatic rings. The fourth-order valence-electron chi connectivity index (χ4n) is 1.47. The molecule has 2 heterocycles. The molecule has 1 aromatic rings. The van der Waals surface area contributed by atoms with Crippen LogP contribution in [0.25, 0.3) is 0 Å². The molecular formula is C9H10ClN5O3. The van der Waals surface area contributed by atoms with E-state index in [1.807, 2.05) is 0 Å². The van der Waals surface area contributed by atoms with E-state index in [1.54, 1.807) is 0 Å². The van der Waals surface area contributed by atoms with Crippen LogP contribution >= 0.6 is 11.6 Å². The summed E-state index contributed by atoms with van der Waals surface area (Å²) >= 11 is 5.67. The van der Waals surface area contributed by atoms with E-state index in [4.69, 9.17) is 16.3 Å². The highest BCUT2D eigenvalue weighted by Crippen LogP contribution is 2.14. The summed E-state index contributed by atoms with van der Waals surface area (Å²) < 4.78 is 4.83. The summed E-state index contributed by atoms with van der Waals surface area (Å²) in [6.07, 6.45) is 0.635. The molecule has 1 saturated heterocycles. The maximum absolute atomic E-state index is 11.5. The van der Waals surface area contributed by atoms with Gasteiger partial charge in [-0.1, -0.05) is 0 Å². The van der Waals surface area contributed by atoms with Crippen LogP contribution in [0, 0.1) is 0 Å². The Morgan fingerprint density at radius 3 is 2.83 bits per heavy atom. The minimum Gasteiger partial charge on any atom is -0.467 e. The topological polar surface area (TPSA) is 106 Å². The lowest BCUT2D eigenvalue weighted by Gasteiger charge is -2.21. The molecule has 18 heavy (non-hydrogen) atoms. The first-order valence-electron chi connectivity index (χ1n) is 5.14. The Morgan fingerprint density at radius 1 is 1.39 bits per heavy atom. The van der Waals surface area contributed by atoms with Gasteiger partial charge >= 0.3 is 6.01 Å². The van der Waals surface area contributed by atoms with Gasteiger partial charge in [0, 0.05) is 6.42 Å². The first-order valence-corrected chi connectivity index (χ1v) is 5.52. The molecule has 1 atom stereocenters. The van der Waals surface area contributed by atoms with Crippen LogP contribution in [0.3, 0.4) is 0 Å². The molecular weight excluding hydrogens is 262 g/mol. The maximum atomic E-state index is 11.5. The lowest BCUT2D eigenvalue weighted by atomic mass is 10.1. The zero-order valence-corrected chi connectivity index (χ0v) is 10.2. The molecule has 0 radical (unpaired) electrons. The number of hydrogen-bond donors (Lipinski definition) is 2. The Kier molecular flexibility index (Phi) is 3.56. The molecule has 2 amide bonds. The molecule has 1 aromatic heterocycles. The number of carbonyl (C=O) groups excluding carboxylic acids is 2. The van der Waals surface area contributed by atoms with E-state index in [1.165, 1.54) is 7.11 Å². The van der Waals surface area contributed by atoms with Gasteiger partial charge in [0.15, 0.2) is 0 Å². The summed E-state index contributed by atoms with van der Waals surface area (Å²) in [5.74, 6) is -0.576. The number of carbonyl (C=O) groups is 2. The molecule has 1 fully saturated rings. The van der Waals surface area contributed by atoms with Crippen molar-refractivity contribution in [2.45, 2.75) is 18.9 Å². The third-order valence-corrected chi connectivity index (χ3v) is 2.48. The minimum absolute atomic E-state index is 0.0448. The number of aromatic nitrogens is 3. The van der Waals surface area contributed by atoms with Gasteiger partial charge in [-0.05, 0) is 18.0 Å². The SMILES string of the molecule is COc1nc(Cl)nc(NC2CCC(=O)NC2=O)n1. The largest absolute Gasteiger partial charge is 0.467 e. The molecule has 0 aromatic carbocycles. The van der Waals surface area contributed by atoms with Crippen LogP contribution in [-0.2, 0) is 9.59 Å². The number of hydrogen-bond acceptors (Lipinski definition) is 7. The molecule has 0 bridgehead atoms. The second-order valence-electron chi connectivity index (χ2n) is 3.56. The van der Waals surface area contributed by atoms with Crippen LogP contribution in [-0.4, -0.2) is 39.9 Å². The number of imide groups is 1. The van der Waals surface area contributed by atoms with Gasteiger partial charge in [-0.15, -0.1) is 0 Å². The van der Waals surface area contributed by atoms with E-state index in [2.05, 4.69) is 25.6 Å². The normalized spacial score (nSPS) is 19.3. The number of nitrogens with one attached hydrogen (secondary N) is 2. The summed E-state index contributed by atoms with van der Waals surface area (Å²) in [6, 6.07) is -0.532. The Morgan fingerprint density at radius 2 is 2.17 bits per heavy atom. The average molecular weight is 272 g/mol. The molecule has 0 spiro atoms. The van der Waals surface area contributed by atoms with Gasteiger partial charge in [-0.2, -0.15) is 15.0 Å². The molecule has 0 aliphatic carbocycles. The van der Waals surface area contributed by atoms with E-state index < -0.39 is 11.9 Å². The van der Waals surface area contributed by atoms with E-state index in [-0.39, 0.29) is 29.6 Å². The van der Waals surface area contributed by atoms with E-state index in [9.17, 15) is 9.59 Å². The van der Waals surface area contributed by atoms with Crippen LogP contribution in [0.1, 0.15) is 12.8 Å². The van der Waals surface area contributed by atoms with Gasteiger partial charge in [-0.3, -0.25) is 14.9 Å². The number of halogens is 1. The van der Waals surface area contributed by atoms with Gasteiger partial charge in [0.2, 0.25) is 23.0 Å². The summed E-state index contributed by atoms with van der Waals surface area (Å²) in [6.45, 7) is 0. The van der Waals surface area contributed by atoms with Gasteiger partial charge in [0.1, 0.15) is 6.04 Å². The van der Waals surface area contributed by atoms with Gasteiger partial charge in [0.25, 0.3) is 0 Å². The molecule has 1 aliphatic heterocycles. The first-order chi connectivity index (χ1) is 8.58. The van der Waals surface area contributed by atoms with Crippen LogP contribution < -0.4 is 15.4 Å². The maximum Gasteiger partial charge on any atom is 0.322 e. The van der Waals surface area contributed by atoms with Crippen molar-refractivity contribution in [2.75, 3.05) is 12.4 Å². The molecule has 2 N–H and O–H groups in total. The first kappa shape index (κ1) is 12.5. The summed E-state index contributed by atoms with van der Waals surface area (Å²) in [7, 11) is 1.39. The van der Waals surface area contributed by atoms with E-state index in [0.717, 1.165) is 0 Å². The number of anilines is 1. The second-order valence-corrected chi connectivity index (χ2v) is 3.90. The average Bonchev–Trinajstić information content (AvgIpc) is 2.32. The number of nitrogens with zero attached hydrogens (tertiary/aromatic N) is 3. The standard InChI is InChI=1S/C9H10ClN5O3/c1-18-9-14-7(10)13-8(15-9)11-4-2-3-5(16)12-6(4)17/h4H,2-3H2,1H3,(H,12,16,17)(H,11,13,14,15). The van der Waals surface area contributed by atoms with Gasteiger partial charge in [-0.25, -0.2) is 0 Å². The van der Waals surface area contributed by atoms with Crippen LogP contribution in [0.5, 0.6) is 6.01 Å². The lowest BCUT2D eigenvalue weighted by Crippen LogP contribution is -2.47. The predicted octanol–water partition coefficient (Wildman–Crippen LogP) is -0.249. The molecule has 9 heteroatoms. The van der Waals surface area contributed by atoms with Crippen molar-refractivity contribution >= 4 is 29.4 Å². The molecule has 1 unspecified atom stereocenters. The van der Waals surface area contributed by atoms with Crippen LogP contribution in [0.2, 0.25) is 5.28 Å². The number of amides is 2. The highest BCUT2D eigenvalue weighted by molar-refractivity contribution is 6.28. The fraction of sp³-hybridized carbons (Fsp3) is 0.444. The highest BCUT2D eigenvalue weighted by Gasteiger charge is 2.27. The van der Waals surface area contributed by atoms with Crippen molar-refractivity contribution in [2.24, 2.45) is 0 Å². The van der Waals surface area contributed by atoms with E-state index >= 15 is 0 Å². The minimum atomic E-state index is -0.578. The highest BCUT2D eigenvalue weighted by atomic mass is 35.5. The molecule has 96 valence electrons. The lowest BCUT2D eigenvalue weighted by molar-refractivity contribution is -0.133. The molecule has 8 nitrogen and oxygen atoms in total. The Balaban J connectivity index is 2.11. The monoisotopic (exact) mass is 271 g/mol. The summed E-state index contributed by atoms with van der Waals surface area (Å²) in [5, 5.41) is 4.95. The summed E-state index contributed by atoms with van der Waals surface area (Å²) in [5.41, 5.74) is 0. The van der Waals surface area contributed by atoms with Crippen molar-refractivity contribution in [1.29, 1.82) is 0 Å². The van der Waals surface area contributed by atoms with Crippen LogP contribution in [0.15, 0.2) is 0 Å². The fourth-order valence-corrected chi connectivity index (χ4v) is 1.63. The zero-order chi connectivity index (χ0) is 13.1. The van der Waals surface area contributed by atoms with E-state index in [0.29, 0.717) is 6.42 Å². The molecule has 0 saturated carbocycles. The third-order valence-electron chi connectivity index (χ3n) is 2.31. The second kappa shape index (κ2) is 5.13. The van der Waals surface area contributed by atoms with Gasteiger partial charge < -0.3 is 10.1 Å². The van der Waals surface area contributed by atoms with Crippen molar-refractivity contribution in [3.05, 3.63) is 5.28 Å². The molecule has 2 rings (SSSR count). The third kappa shape index (κ3) is 2.83. The van der Waals surface area contributed by atoms with Crippen molar-refractivity contribution in [3.63, 3.8) is 0 Å². The number of methoxy groups -OCH3 is 1. The van der Waals surface area contributed by atoms with Crippen molar-refractivity contribution < 1.29 is 14.3 Å². The van der Waals surface area contributed by atoms with Crippen molar-refractivity contribution in [3.8, 4) is 6.01 Å². The zero-order valence-electron chi connectivity index (χ0n) is 9.44. The smallest absolute Gasteiger partial charge is 0.322 e. The van der Waals surface area contributed by atoms with Crippen LogP contribution in [0.4, 0.5) is 5.95 Å². The number of ether oxygens (including phenoxy) is 1. The Bertz CT molecular complexity index is 495. The number of rotatable bonds is 3. The predicted molar refractivity (Wildman–Crippen MR) is 61.2 cm³/mol. The Hall–Kier alpha value is -1.96. The Labute approximate surface area is 107 Å². The van der Waals surface area contributed by atoms with Crippen molar-refractivity contribution in [1.82, 2.24) is 20.3 Å². The quantitative estimate of drug-likeness (QED) is 0.730. The van der Waals surface area contributed by atoms with Gasteiger partial charge in [0.05, 0.1) is 7.11 Å². The summed E-state index contributed by atoms with van der Waals surface area (Å²) in [4.78, 5) is 33.9. The number of piperidine rings is 1.